The van der Waals surface area contributed by atoms with E-state index in [1.807, 2.05) is 38.9 Å². The molecule has 0 aromatic rings. The normalized spacial score (nSPS) is 11.2. The van der Waals surface area contributed by atoms with E-state index >= 15 is 0 Å². The van der Waals surface area contributed by atoms with E-state index < -0.39 is 0 Å². The highest BCUT2D eigenvalue weighted by atomic mass is 16.2. The topological polar surface area (TPSA) is 23.6 Å². The Bertz CT molecular complexity index is 172. The molecule has 0 radical (unpaired) electrons. The molecule has 0 aliphatic heterocycles. The zero-order chi connectivity index (χ0) is 10.3. The van der Waals surface area contributed by atoms with Crippen molar-refractivity contribution in [1.29, 1.82) is 0 Å². The number of hydrogen-bond donors (Lipinski definition) is 0. The average Bonchev–Trinajstić information content (AvgIpc) is 2.05. The molecule has 1 amide bonds. The van der Waals surface area contributed by atoms with Crippen LogP contribution in [0.4, 0.5) is 0 Å². The summed E-state index contributed by atoms with van der Waals surface area (Å²) in [5, 5.41) is 0. The summed E-state index contributed by atoms with van der Waals surface area (Å²) < 4.78 is 0. The minimum absolute atomic E-state index is 0.104. The van der Waals surface area contributed by atoms with Crippen molar-refractivity contribution < 1.29 is 4.79 Å². The molecule has 0 aliphatic carbocycles. The summed E-state index contributed by atoms with van der Waals surface area (Å²) in [6, 6.07) is 0. The predicted molar refractivity (Wildman–Crippen MR) is 55.6 cm³/mol. The minimum atomic E-state index is 0.104. The Kier molecular flexibility index (Phi) is 6.24. The van der Waals surface area contributed by atoms with Gasteiger partial charge in [0.1, 0.15) is 0 Å². The van der Waals surface area contributed by atoms with Crippen molar-refractivity contribution in [2.24, 2.45) is 0 Å². The molecule has 0 bridgehead atoms. The summed E-state index contributed by atoms with van der Waals surface area (Å²) in [7, 11) is 3.96. The molecular formula is C10H20N2O. The summed E-state index contributed by atoms with van der Waals surface area (Å²) in [4.78, 5) is 15.2. The monoisotopic (exact) mass is 184 g/mol. The van der Waals surface area contributed by atoms with Gasteiger partial charge >= 0.3 is 0 Å². The zero-order valence-electron chi connectivity index (χ0n) is 9.08. The molecule has 0 aromatic heterocycles. The van der Waals surface area contributed by atoms with Gasteiger partial charge in [0.2, 0.25) is 5.91 Å². The van der Waals surface area contributed by atoms with Gasteiger partial charge in [0, 0.05) is 25.7 Å². The molecular weight excluding hydrogens is 164 g/mol. The average molecular weight is 184 g/mol. The number of rotatable bonds is 5. The molecule has 0 N–H and O–H groups in total. The lowest BCUT2D eigenvalue weighted by molar-refractivity contribution is -0.125. The summed E-state index contributed by atoms with van der Waals surface area (Å²) in [5.74, 6) is 0.104. The van der Waals surface area contributed by atoms with Crippen molar-refractivity contribution in [3.8, 4) is 0 Å². The van der Waals surface area contributed by atoms with E-state index in [1.165, 1.54) is 0 Å². The lowest BCUT2D eigenvalue weighted by Gasteiger charge is -2.16. The smallest absolute Gasteiger partial charge is 0.246 e. The van der Waals surface area contributed by atoms with Crippen LogP contribution in [0.1, 0.15) is 13.8 Å². The maximum absolute atomic E-state index is 11.4. The van der Waals surface area contributed by atoms with Crippen LogP contribution >= 0.6 is 0 Å². The van der Waals surface area contributed by atoms with Gasteiger partial charge in [-0.1, -0.05) is 6.08 Å². The standard InChI is InChI=1S/C10H20N2O/c1-5-12(6-2)10(13)8-7-9-11(3)4/h7-8H,5-6,9H2,1-4H3. The highest BCUT2D eigenvalue weighted by Gasteiger charge is 2.03. The van der Waals surface area contributed by atoms with Gasteiger partial charge in [-0.25, -0.2) is 0 Å². The maximum atomic E-state index is 11.4. The molecule has 0 atom stereocenters. The molecule has 0 saturated heterocycles. The molecule has 0 heterocycles. The van der Waals surface area contributed by atoms with Gasteiger partial charge in [-0.15, -0.1) is 0 Å². The summed E-state index contributed by atoms with van der Waals surface area (Å²) >= 11 is 0. The Morgan fingerprint density at radius 2 is 1.77 bits per heavy atom. The van der Waals surface area contributed by atoms with Crippen LogP contribution in [0.3, 0.4) is 0 Å². The predicted octanol–water partition coefficient (Wildman–Crippen LogP) is 0.973. The Morgan fingerprint density at radius 1 is 1.23 bits per heavy atom. The second kappa shape index (κ2) is 6.66. The lowest BCUT2D eigenvalue weighted by atomic mass is 10.4. The third kappa shape index (κ3) is 5.42. The van der Waals surface area contributed by atoms with Crippen LogP contribution in [-0.4, -0.2) is 49.4 Å². The van der Waals surface area contributed by atoms with Crippen LogP contribution in [0, 0.1) is 0 Å². The van der Waals surface area contributed by atoms with E-state index in [0.29, 0.717) is 0 Å². The van der Waals surface area contributed by atoms with Crippen molar-refractivity contribution in [2.45, 2.75) is 13.8 Å². The van der Waals surface area contributed by atoms with Crippen molar-refractivity contribution in [1.82, 2.24) is 9.80 Å². The van der Waals surface area contributed by atoms with Crippen molar-refractivity contribution in [2.75, 3.05) is 33.7 Å². The van der Waals surface area contributed by atoms with Crippen molar-refractivity contribution in [3.63, 3.8) is 0 Å². The van der Waals surface area contributed by atoms with Crippen molar-refractivity contribution in [3.05, 3.63) is 12.2 Å². The Labute approximate surface area is 81.0 Å². The van der Waals surface area contributed by atoms with E-state index in [9.17, 15) is 4.79 Å². The number of nitrogens with zero attached hydrogens (tertiary/aromatic N) is 2. The van der Waals surface area contributed by atoms with Crippen LogP contribution < -0.4 is 0 Å². The van der Waals surface area contributed by atoms with Gasteiger partial charge in [0.15, 0.2) is 0 Å². The van der Waals surface area contributed by atoms with Gasteiger partial charge in [-0.05, 0) is 27.9 Å². The Hall–Kier alpha value is -0.830. The summed E-state index contributed by atoms with van der Waals surface area (Å²) in [6.45, 7) is 6.35. The number of likely N-dealkylation sites (N-methyl/N-ethyl adjacent to an activating group) is 2. The fourth-order valence-electron chi connectivity index (χ4n) is 1.01. The molecule has 0 aliphatic rings. The summed E-state index contributed by atoms with van der Waals surface area (Å²) in [5.41, 5.74) is 0. The SMILES string of the molecule is CCN(CC)C(=O)C=CCN(C)C. The second-order valence-electron chi connectivity index (χ2n) is 3.18. The molecule has 0 spiro atoms. The number of amides is 1. The van der Waals surface area contributed by atoms with Crippen LogP contribution in [0.5, 0.6) is 0 Å². The van der Waals surface area contributed by atoms with Gasteiger partial charge in [0.05, 0.1) is 0 Å². The lowest BCUT2D eigenvalue weighted by Crippen LogP contribution is -2.28. The fourth-order valence-corrected chi connectivity index (χ4v) is 1.01. The van der Waals surface area contributed by atoms with E-state index in [-0.39, 0.29) is 5.91 Å². The van der Waals surface area contributed by atoms with E-state index in [0.717, 1.165) is 19.6 Å². The first-order valence-electron chi connectivity index (χ1n) is 4.72. The van der Waals surface area contributed by atoms with Gasteiger partial charge in [0.25, 0.3) is 0 Å². The molecule has 13 heavy (non-hydrogen) atoms. The summed E-state index contributed by atoms with van der Waals surface area (Å²) in [6.07, 6.45) is 3.54. The van der Waals surface area contributed by atoms with E-state index in [1.54, 1.807) is 11.0 Å². The highest BCUT2D eigenvalue weighted by molar-refractivity contribution is 5.87. The first-order chi connectivity index (χ1) is 6.11. The number of carbonyl (C=O) groups is 1. The molecule has 0 aromatic carbocycles. The molecule has 76 valence electrons. The molecule has 3 nitrogen and oxygen atoms in total. The Balaban J connectivity index is 3.90. The van der Waals surface area contributed by atoms with Crippen LogP contribution in [-0.2, 0) is 4.79 Å². The maximum Gasteiger partial charge on any atom is 0.246 e. The molecule has 0 fully saturated rings. The molecule has 0 rings (SSSR count). The van der Waals surface area contributed by atoms with Crippen LogP contribution in [0.25, 0.3) is 0 Å². The second-order valence-corrected chi connectivity index (χ2v) is 3.18. The third-order valence-corrected chi connectivity index (χ3v) is 1.81. The highest BCUT2D eigenvalue weighted by Crippen LogP contribution is 1.90. The third-order valence-electron chi connectivity index (χ3n) is 1.81. The largest absolute Gasteiger partial charge is 0.340 e. The molecule has 0 unspecified atom stereocenters. The van der Waals surface area contributed by atoms with Gasteiger partial charge < -0.3 is 9.80 Å². The number of hydrogen-bond acceptors (Lipinski definition) is 2. The molecule has 0 saturated carbocycles. The van der Waals surface area contributed by atoms with Crippen molar-refractivity contribution >= 4 is 5.91 Å². The quantitative estimate of drug-likeness (QED) is 0.594. The van der Waals surface area contributed by atoms with Gasteiger partial charge in [-0.2, -0.15) is 0 Å². The molecule has 3 heteroatoms. The minimum Gasteiger partial charge on any atom is -0.340 e. The Morgan fingerprint density at radius 3 is 2.15 bits per heavy atom. The van der Waals surface area contributed by atoms with Crippen LogP contribution in [0.2, 0.25) is 0 Å². The van der Waals surface area contributed by atoms with Crippen LogP contribution in [0.15, 0.2) is 12.2 Å². The fraction of sp³-hybridized carbons (Fsp3) is 0.700. The first-order valence-corrected chi connectivity index (χ1v) is 4.72. The number of carbonyl (C=O) groups excluding carboxylic acids is 1. The first kappa shape index (κ1) is 12.2. The van der Waals surface area contributed by atoms with E-state index in [2.05, 4.69) is 0 Å². The van der Waals surface area contributed by atoms with Gasteiger partial charge in [-0.3, -0.25) is 4.79 Å². The zero-order valence-corrected chi connectivity index (χ0v) is 9.08. The van der Waals surface area contributed by atoms with E-state index in [4.69, 9.17) is 0 Å².